The quantitative estimate of drug-likeness (QED) is 0.800. The van der Waals surface area contributed by atoms with Gasteiger partial charge in [0, 0.05) is 31.1 Å². The molecule has 0 saturated carbocycles. The molecule has 1 aliphatic heterocycles. The minimum atomic E-state index is -0.273. The number of morpholine rings is 1. The van der Waals surface area contributed by atoms with E-state index in [-0.39, 0.29) is 17.8 Å². The highest BCUT2D eigenvalue weighted by Crippen LogP contribution is 2.25. The van der Waals surface area contributed by atoms with Crippen LogP contribution in [0, 0.1) is 13.8 Å². The summed E-state index contributed by atoms with van der Waals surface area (Å²) < 4.78 is 11.2. The van der Waals surface area contributed by atoms with Crippen molar-refractivity contribution in [1.82, 2.24) is 4.90 Å². The van der Waals surface area contributed by atoms with Crippen LogP contribution in [-0.4, -0.2) is 30.2 Å². The van der Waals surface area contributed by atoms with Gasteiger partial charge in [-0.1, -0.05) is 12.1 Å². The van der Waals surface area contributed by atoms with Crippen LogP contribution in [0.15, 0.2) is 27.4 Å². The molecule has 1 aliphatic rings. The van der Waals surface area contributed by atoms with E-state index in [4.69, 9.17) is 9.15 Å². The molecule has 0 bridgehead atoms. The zero-order valence-corrected chi connectivity index (χ0v) is 13.7. The summed E-state index contributed by atoms with van der Waals surface area (Å²) in [6.07, 6.45) is 0.443. The maximum absolute atomic E-state index is 11.9. The van der Waals surface area contributed by atoms with Crippen LogP contribution in [0.5, 0.6) is 0 Å². The number of fused-ring (bicyclic) bond motifs is 1. The van der Waals surface area contributed by atoms with Gasteiger partial charge in [-0.15, -0.1) is 0 Å². The van der Waals surface area contributed by atoms with E-state index in [9.17, 15) is 4.79 Å². The topological polar surface area (TPSA) is 42.7 Å². The van der Waals surface area contributed by atoms with Crippen molar-refractivity contribution in [3.8, 4) is 0 Å². The van der Waals surface area contributed by atoms with E-state index in [1.165, 1.54) is 0 Å². The Bertz CT molecular complexity index is 740. The van der Waals surface area contributed by atoms with Crippen LogP contribution < -0.4 is 5.63 Å². The van der Waals surface area contributed by atoms with Crippen LogP contribution in [0.25, 0.3) is 11.0 Å². The van der Waals surface area contributed by atoms with Gasteiger partial charge >= 0.3 is 5.63 Å². The monoisotopic (exact) mass is 301 g/mol. The molecule has 1 aromatic carbocycles. The zero-order valence-electron chi connectivity index (χ0n) is 13.7. The van der Waals surface area contributed by atoms with Crippen LogP contribution >= 0.6 is 0 Å². The van der Waals surface area contributed by atoms with Crippen molar-refractivity contribution in [3.05, 3.63) is 45.3 Å². The number of hydrogen-bond donors (Lipinski definition) is 0. The van der Waals surface area contributed by atoms with Crippen molar-refractivity contribution in [1.29, 1.82) is 0 Å². The molecular formula is C18H23NO3. The van der Waals surface area contributed by atoms with E-state index in [0.717, 1.165) is 47.3 Å². The molecule has 0 N–H and O–H groups in total. The van der Waals surface area contributed by atoms with Crippen LogP contribution in [0.4, 0.5) is 0 Å². The largest absolute Gasteiger partial charge is 0.422 e. The van der Waals surface area contributed by atoms with Gasteiger partial charge in [0.25, 0.3) is 0 Å². The van der Waals surface area contributed by atoms with Crippen molar-refractivity contribution >= 4 is 11.0 Å². The lowest BCUT2D eigenvalue weighted by atomic mass is 10.0. The predicted octanol–water partition coefficient (Wildman–Crippen LogP) is 3.02. The first-order valence-electron chi connectivity index (χ1n) is 7.85. The second-order valence-electron chi connectivity index (χ2n) is 6.43. The normalized spacial score (nSPS) is 23.1. The Morgan fingerprint density at radius 3 is 2.55 bits per heavy atom. The van der Waals surface area contributed by atoms with Crippen molar-refractivity contribution in [2.45, 2.75) is 46.4 Å². The third-order valence-corrected chi connectivity index (χ3v) is 4.41. The third-order valence-electron chi connectivity index (χ3n) is 4.41. The number of ether oxygens (including phenoxy) is 1. The summed E-state index contributed by atoms with van der Waals surface area (Å²) in [6, 6.07) is 5.77. The summed E-state index contributed by atoms with van der Waals surface area (Å²) >= 11 is 0. The minimum absolute atomic E-state index is 0.221. The average Bonchev–Trinajstić information content (AvgIpc) is 2.42. The van der Waals surface area contributed by atoms with Gasteiger partial charge in [-0.3, -0.25) is 4.90 Å². The first-order valence-corrected chi connectivity index (χ1v) is 7.85. The van der Waals surface area contributed by atoms with Crippen LogP contribution in [0.3, 0.4) is 0 Å². The van der Waals surface area contributed by atoms with E-state index in [0.29, 0.717) is 0 Å². The number of rotatable bonds is 2. The number of benzene rings is 1. The van der Waals surface area contributed by atoms with Crippen molar-refractivity contribution < 1.29 is 9.15 Å². The van der Waals surface area contributed by atoms with E-state index in [1.54, 1.807) is 6.07 Å². The summed E-state index contributed by atoms with van der Waals surface area (Å²) in [6.45, 7) is 10.7. The first-order chi connectivity index (χ1) is 10.4. The molecule has 2 unspecified atom stereocenters. The van der Waals surface area contributed by atoms with Gasteiger partial charge in [0.1, 0.15) is 5.58 Å². The highest BCUT2D eigenvalue weighted by atomic mass is 16.5. The highest BCUT2D eigenvalue weighted by Gasteiger charge is 2.23. The molecule has 1 aromatic heterocycles. The Morgan fingerprint density at radius 1 is 1.18 bits per heavy atom. The fraction of sp³-hybridized carbons (Fsp3) is 0.500. The number of nitrogens with zero attached hydrogens (tertiary/aromatic N) is 1. The van der Waals surface area contributed by atoms with Gasteiger partial charge < -0.3 is 9.15 Å². The van der Waals surface area contributed by atoms with Crippen molar-refractivity contribution in [2.24, 2.45) is 0 Å². The second-order valence-corrected chi connectivity index (χ2v) is 6.43. The van der Waals surface area contributed by atoms with Gasteiger partial charge in [0.05, 0.1) is 12.2 Å². The lowest BCUT2D eigenvalue weighted by molar-refractivity contribution is -0.0704. The second kappa shape index (κ2) is 5.86. The van der Waals surface area contributed by atoms with Gasteiger partial charge in [-0.25, -0.2) is 4.79 Å². The summed E-state index contributed by atoms with van der Waals surface area (Å²) in [5.74, 6) is 0. The Labute approximate surface area is 130 Å². The Kier molecular flexibility index (Phi) is 4.06. The Hall–Kier alpha value is -1.65. The van der Waals surface area contributed by atoms with E-state index in [1.807, 2.05) is 13.8 Å². The number of hydrogen-bond acceptors (Lipinski definition) is 4. The Morgan fingerprint density at radius 2 is 1.86 bits per heavy atom. The van der Waals surface area contributed by atoms with Crippen molar-refractivity contribution in [3.63, 3.8) is 0 Å². The Balaban J connectivity index is 2.00. The summed E-state index contributed by atoms with van der Waals surface area (Å²) in [5.41, 5.74) is 3.67. The lowest BCUT2D eigenvalue weighted by Crippen LogP contribution is -2.44. The molecule has 0 amide bonds. The summed E-state index contributed by atoms with van der Waals surface area (Å²) in [5, 5.41) is 1.04. The van der Waals surface area contributed by atoms with Crippen LogP contribution in [0.1, 0.15) is 30.5 Å². The van der Waals surface area contributed by atoms with Crippen LogP contribution in [0.2, 0.25) is 0 Å². The zero-order chi connectivity index (χ0) is 15.9. The smallest absolute Gasteiger partial charge is 0.336 e. The molecule has 4 nitrogen and oxygen atoms in total. The number of aryl methyl sites for hydroxylation is 2. The molecule has 2 atom stereocenters. The minimum Gasteiger partial charge on any atom is -0.422 e. The molecule has 0 aliphatic carbocycles. The fourth-order valence-electron chi connectivity index (χ4n) is 3.31. The van der Waals surface area contributed by atoms with E-state index >= 15 is 0 Å². The van der Waals surface area contributed by atoms with Gasteiger partial charge in [-0.05, 0) is 44.4 Å². The molecule has 118 valence electrons. The van der Waals surface area contributed by atoms with Gasteiger partial charge in [-0.2, -0.15) is 0 Å². The molecule has 4 heteroatoms. The maximum Gasteiger partial charge on any atom is 0.336 e. The molecule has 1 fully saturated rings. The third kappa shape index (κ3) is 2.94. The fourth-order valence-corrected chi connectivity index (χ4v) is 3.31. The maximum atomic E-state index is 11.9. The lowest BCUT2D eigenvalue weighted by Gasteiger charge is -2.35. The van der Waals surface area contributed by atoms with Crippen molar-refractivity contribution in [2.75, 3.05) is 13.1 Å². The molecular weight excluding hydrogens is 278 g/mol. The van der Waals surface area contributed by atoms with E-state index < -0.39 is 0 Å². The van der Waals surface area contributed by atoms with E-state index in [2.05, 4.69) is 30.9 Å². The van der Waals surface area contributed by atoms with Gasteiger partial charge in [0.15, 0.2) is 0 Å². The summed E-state index contributed by atoms with van der Waals surface area (Å²) in [4.78, 5) is 14.3. The molecule has 2 heterocycles. The molecule has 0 spiro atoms. The molecule has 22 heavy (non-hydrogen) atoms. The SMILES string of the molecule is Cc1ccc2c(CN3CC(C)OC(C)C3)cc(=O)oc2c1C. The predicted molar refractivity (Wildman–Crippen MR) is 87.2 cm³/mol. The summed E-state index contributed by atoms with van der Waals surface area (Å²) in [7, 11) is 0. The average molecular weight is 301 g/mol. The molecule has 0 radical (unpaired) electrons. The standard InChI is InChI=1S/C18H23NO3/c1-11-5-6-16-15(7-17(20)22-18(16)14(11)4)10-19-8-12(2)21-13(3)9-19/h5-7,12-13H,8-10H2,1-4H3. The van der Waals surface area contributed by atoms with Crippen LogP contribution in [-0.2, 0) is 11.3 Å². The molecule has 2 aromatic rings. The molecule has 1 saturated heterocycles. The molecule has 3 rings (SSSR count). The van der Waals surface area contributed by atoms with Gasteiger partial charge in [0.2, 0.25) is 0 Å². The highest BCUT2D eigenvalue weighted by molar-refractivity contribution is 5.83. The first kappa shape index (κ1) is 15.3.